The van der Waals surface area contributed by atoms with Gasteiger partial charge in [-0.3, -0.25) is 14.4 Å². The number of unbranched alkanes of at least 4 members (excludes halogenated alkanes) is 19. The highest BCUT2D eigenvalue weighted by molar-refractivity contribution is 5.71. The van der Waals surface area contributed by atoms with E-state index in [2.05, 4.69) is 130 Å². The maximum Gasteiger partial charge on any atom is 0.306 e. The number of hydrogen-bond acceptors (Lipinski definition) is 6. The fraction of sp³-hybridized carbons (Fsp3) is 0.656. The van der Waals surface area contributed by atoms with Crippen LogP contribution in [0.15, 0.2) is 109 Å². The number of rotatable bonds is 48. The Balaban J connectivity index is 4.52. The maximum atomic E-state index is 12.8. The predicted molar refractivity (Wildman–Crippen MR) is 288 cm³/mol. The van der Waals surface area contributed by atoms with Gasteiger partial charge in [0.25, 0.3) is 0 Å². The zero-order valence-corrected chi connectivity index (χ0v) is 43.4. The number of carbonyl (C=O) groups is 3. The van der Waals surface area contributed by atoms with E-state index < -0.39 is 6.10 Å². The van der Waals surface area contributed by atoms with Crippen LogP contribution in [0.1, 0.15) is 239 Å². The number of esters is 3. The summed E-state index contributed by atoms with van der Waals surface area (Å²) in [6.45, 7) is 6.41. The molecule has 6 heteroatoms. The molecule has 0 saturated heterocycles. The minimum absolute atomic E-state index is 0.104. The molecule has 0 aromatic rings. The van der Waals surface area contributed by atoms with Crippen LogP contribution in [0.25, 0.3) is 0 Å². The Morgan fingerprint density at radius 2 is 0.582 bits per heavy atom. The first-order valence-corrected chi connectivity index (χ1v) is 27.4. The lowest BCUT2D eigenvalue weighted by atomic mass is 10.1. The van der Waals surface area contributed by atoms with Crippen molar-refractivity contribution in [3.63, 3.8) is 0 Å². The molecular weight excluding hydrogens is 829 g/mol. The average Bonchev–Trinajstić information content (AvgIpc) is 3.33. The van der Waals surface area contributed by atoms with Gasteiger partial charge in [0.2, 0.25) is 0 Å². The Hall–Kier alpha value is -3.93. The van der Waals surface area contributed by atoms with Gasteiger partial charge in [-0.2, -0.15) is 0 Å². The monoisotopic (exact) mass is 929 g/mol. The van der Waals surface area contributed by atoms with Crippen molar-refractivity contribution in [1.29, 1.82) is 0 Å². The Morgan fingerprint density at radius 1 is 0.313 bits per heavy atom. The Morgan fingerprint density at radius 3 is 0.910 bits per heavy atom. The summed E-state index contributed by atoms with van der Waals surface area (Å²) in [5.74, 6) is -0.966. The molecule has 0 aliphatic carbocycles. The molecule has 1 atom stereocenters. The molecule has 0 rings (SSSR count). The summed E-state index contributed by atoms with van der Waals surface area (Å²) in [4.78, 5) is 38.1. The van der Waals surface area contributed by atoms with Gasteiger partial charge in [-0.15, -0.1) is 0 Å². The van der Waals surface area contributed by atoms with Crippen LogP contribution in [0.5, 0.6) is 0 Å². The molecule has 0 N–H and O–H groups in total. The van der Waals surface area contributed by atoms with Gasteiger partial charge in [0.05, 0.1) is 0 Å². The number of hydrogen-bond donors (Lipinski definition) is 0. The van der Waals surface area contributed by atoms with Gasteiger partial charge in [-0.05, 0) is 128 Å². The van der Waals surface area contributed by atoms with E-state index in [1.807, 2.05) is 0 Å². The average molecular weight is 929 g/mol. The van der Waals surface area contributed by atoms with E-state index in [-0.39, 0.29) is 31.1 Å². The number of ether oxygens (including phenoxy) is 3. The van der Waals surface area contributed by atoms with E-state index in [1.54, 1.807) is 0 Å². The number of carbonyl (C=O) groups excluding carboxylic acids is 3. The zero-order chi connectivity index (χ0) is 48.6. The molecule has 0 aliphatic rings. The molecule has 0 heterocycles. The van der Waals surface area contributed by atoms with Crippen molar-refractivity contribution in [1.82, 2.24) is 0 Å². The SMILES string of the molecule is CC/C=C\C/C=C\C/C=C\C/C=C\CCCCCCC(=O)OC[C@H](COC(=O)CCCCCCC/C=C\C/C=C\CCCCC)OC(=O)CCCCCC/C=C\C/C=C\C/C=C\CCCCC. The van der Waals surface area contributed by atoms with Crippen LogP contribution in [0.3, 0.4) is 0 Å². The van der Waals surface area contributed by atoms with E-state index in [0.717, 1.165) is 148 Å². The molecule has 0 aromatic carbocycles. The topological polar surface area (TPSA) is 78.9 Å². The van der Waals surface area contributed by atoms with Crippen molar-refractivity contribution < 1.29 is 28.6 Å². The van der Waals surface area contributed by atoms with Crippen LogP contribution in [0, 0.1) is 0 Å². The van der Waals surface area contributed by atoms with E-state index >= 15 is 0 Å². The first kappa shape index (κ1) is 63.1. The van der Waals surface area contributed by atoms with Gasteiger partial charge in [-0.1, -0.05) is 201 Å². The third-order valence-corrected chi connectivity index (χ3v) is 11.2. The molecule has 0 amide bonds. The standard InChI is InChI=1S/C61H100O6/c1-4-7-10-13-16-19-22-25-28-30-33-36-39-42-45-48-51-54-60(63)66-57-58(56-65-59(62)53-50-47-44-41-38-35-32-27-24-21-18-15-12-9-6-3)67-61(64)55-52-49-46-43-40-37-34-31-29-26-23-20-17-14-11-8-5-2/h7,10,16-21,25-29,32-34,36-37,58H,4-6,8-9,11-15,22-24,30-31,35,38-57H2,1-3H3/b10-7-,19-16-,20-17-,21-18-,28-25-,29-26-,32-27-,36-33-,37-34-/t58-/m0/s1. The van der Waals surface area contributed by atoms with Crippen LogP contribution in [0.2, 0.25) is 0 Å². The second-order valence-electron chi connectivity index (χ2n) is 17.7. The zero-order valence-electron chi connectivity index (χ0n) is 43.4. The fourth-order valence-corrected chi connectivity index (χ4v) is 7.12. The minimum Gasteiger partial charge on any atom is -0.462 e. The van der Waals surface area contributed by atoms with Gasteiger partial charge in [0.1, 0.15) is 13.2 Å². The third-order valence-electron chi connectivity index (χ3n) is 11.2. The highest BCUT2D eigenvalue weighted by Crippen LogP contribution is 2.13. The van der Waals surface area contributed by atoms with Crippen LogP contribution >= 0.6 is 0 Å². The Bertz CT molecular complexity index is 1390. The molecule has 0 spiro atoms. The molecule has 0 bridgehead atoms. The molecule has 0 aromatic heterocycles. The normalized spacial score (nSPS) is 12.9. The van der Waals surface area contributed by atoms with E-state index in [1.165, 1.54) is 51.4 Å². The lowest BCUT2D eigenvalue weighted by Crippen LogP contribution is -2.30. The van der Waals surface area contributed by atoms with Gasteiger partial charge >= 0.3 is 17.9 Å². The summed E-state index contributed by atoms with van der Waals surface area (Å²) < 4.78 is 16.8. The van der Waals surface area contributed by atoms with Crippen molar-refractivity contribution in [2.24, 2.45) is 0 Å². The summed E-state index contributed by atoms with van der Waals surface area (Å²) in [5, 5.41) is 0. The summed E-state index contributed by atoms with van der Waals surface area (Å²) in [6, 6.07) is 0. The first-order valence-electron chi connectivity index (χ1n) is 27.4. The number of allylic oxidation sites excluding steroid dienone is 18. The van der Waals surface area contributed by atoms with Crippen LogP contribution in [-0.2, 0) is 28.6 Å². The van der Waals surface area contributed by atoms with Crippen LogP contribution < -0.4 is 0 Å². The summed E-state index contributed by atoms with van der Waals surface area (Å²) >= 11 is 0. The van der Waals surface area contributed by atoms with Crippen molar-refractivity contribution in [3.8, 4) is 0 Å². The molecule has 380 valence electrons. The van der Waals surface area contributed by atoms with Gasteiger partial charge in [0, 0.05) is 19.3 Å². The molecule has 67 heavy (non-hydrogen) atoms. The quantitative estimate of drug-likeness (QED) is 0.0262. The lowest BCUT2D eigenvalue weighted by Gasteiger charge is -2.18. The summed E-state index contributed by atoms with van der Waals surface area (Å²) in [5.41, 5.74) is 0. The lowest BCUT2D eigenvalue weighted by molar-refractivity contribution is -0.167. The molecule has 0 radical (unpaired) electrons. The molecule has 0 unspecified atom stereocenters. The largest absolute Gasteiger partial charge is 0.462 e. The summed E-state index contributed by atoms with van der Waals surface area (Å²) in [7, 11) is 0. The highest BCUT2D eigenvalue weighted by atomic mass is 16.6. The maximum absolute atomic E-state index is 12.8. The van der Waals surface area contributed by atoms with Crippen molar-refractivity contribution in [2.75, 3.05) is 13.2 Å². The smallest absolute Gasteiger partial charge is 0.306 e. The van der Waals surface area contributed by atoms with E-state index in [0.29, 0.717) is 19.3 Å². The Labute approximate surface area is 412 Å². The predicted octanol–water partition coefficient (Wildman–Crippen LogP) is 18.3. The molecular formula is C61H100O6. The van der Waals surface area contributed by atoms with Crippen LogP contribution in [0.4, 0.5) is 0 Å². The van der Waals surface area contributed by atoms with E-state index in [4.69, 9.17) is 14.2 Å². The first-order chi connectivity index (χ1) is 33.0. The van der Waals surface area contributed by atoms with Crippen molar-refractivity contribution in [3.05, 3.63) is 109 Å². The minimum atomic E-state index is -0.808. The van der Waals surface area contributed by atoms with Crippen molar-refractivity contribution >= 4 is 17.9 Å². The van der Waals surface area contributed by atoms with Gasteiger partial charge in [-0.25, -0.2) is 0 Å². The molecule has 0 aliphatic heterocycles. The second-order valence-corrected chi connectivity index (χ2v) is 17.7. The molecule has 6 nitrogen and oxygen atoms in total. The second kappa shape index (κ2) is 54.7. The van der Waals surface area contributed by atoms with Crippen LogP contribution in [-0.4, -0.2) is 37.2 Å². The Kier molecular flexibility index (Phi) is 51.5. The summed E-state index contributed by atoms with van der Waals surface area (Å²) in [6.07, 6.45) is 73.5. The highest BCUT2D eigenvalue weighted by Gasteiger charge is 2.19. The molecule has 0 saturated carbocycles. The fourth-order valence-electron chi connectivity index (χ4n) is 7.12. The van der Waals surface area contributed by atoms with Crippen molar-refractivity contribution in [2.45, 2.75) is 245 Å². The van der Waals surface area contributed by atoms with Gasteiger partial charge in [0.15, 0.2) is 6.10 Å². The van der Waals surface area contributed by atoms with E-state index in [9.17, 15) is 14.4 Å². The molecule has 0 fully saturated rings. The third kappa shape index (κ3) is 52.9. The van der Waals surface area contributed by atoms with Gasteiger partial charge < -0.3 is 14.2 Å².